The highest BCUT2D eigenvalue weighted by molar-refractivity contribution is 6.17. The van der Waals surface area contributed by atoms with Crippen molar-refractivity contribution in [3.63, 3.8) is 0 Å². The van der Waals surface area contributed by atoms with E-state index in [9.17, 15) is 4.79 Å². The highest BCUT2D eigenvalue weighted by atomic mass is 35.5. The Balaban J connectivity index is 2.52. The number of unbranched alkanes of at least 4 members (excludes halogenated alkanes) is 1. The van der Waals surface area contributed by atoms with Crippen LogP contribution in [-0.4, -0.2) is 29.8 Å². The van der Waals surface area contributed by atoms with Gasteiger partial charge in [0, 0.05) is 25.4 Å². The number of rotatable bonds is 10. The Bertz CT molecular complexity index is 419. The number of alkyl halides is 1. The number of halogens is 1. The number of carbonyl (C=O) groups is 1. The Morgan fingerprint density at radius 2 is 1.81 bits per heavy atom. The standard InChI is InChI=1S/C17H27ClN2O/c1-3-20(4-2)14-16-10-6-5-9-15(16)13-19-17(21)11-7-8-12-18/h5-6,9-10H,3-4,7-8,11-14H2,1-2H3,(H,19,21). The summed E-state index contributed by atoms with van der Waals surface area (Å²) >= 11 is 5.62. The van der Waals surface area contributed by atoms with Crippen LogP contribution in [0.1, 0.15) is 44.2 Å². The molecule has 0 bridgehead atoms. The molecule has 0 fully saturated rings. The van der Waals surface area contributed by atoms with Crippen molar-refractivity contribution in [1.82, 2.24) is 10.2 Å². The van der Waals surface area contributed by atoms with Crippen molar-refractivity contribution in [2.75, 3.05) is 19.0 Å². The molecule has 1 amide bonds. The number of hydrogen-bond acceptors (Lipinski definition) is 2. The number of carbonyl (C=O) groups excluding carboxylic acids is 1. The van der Waals surface area contributed by atoms with E-state index in [0.29, 0.717) is 18.8 Å². The molecule has 0 saturated heterocycles. The summed E-state index contributed by atoms with van der Waals surface area (Å²) in [5, 5.41) is 3.01. The molecule has 0 unspecified atom stereocenters. The predicted molar refractivity (Wildman–Crippen MR) is 89.5 cm³/mol. The molecule has 0 spiro atoms. The van der Waals surface area contributed by atoms with Crippen LogP contribution in [-0.2, 0) is 17.9 Å². The molecule has 0 saturated carbocycles. The van der Waals surface area contributed by atoms with E-state index in [4.69, 9.17) is 11.6 Å². The van der Waals surface area contributed by atoms with Gasteiger partial charge in [0.1, 0.15) is 0 Å². The highest BCUT2D eigenvalue weighted by Gasteiger charge is 2.07. The first-order chi connectivity index (χ1) is 10.2. The molecule has 0 aliphatic carbocycles. The average molecular weight is 311 g/mol. The third-order valence-electron chi connectivity index (χ3n) is 3.67. The molecule has 1 N–H and O–H groups in total. The lowest BCUT2D eigenvalue weighted by Crippen LogP contribution is -2.25. The maximum Gasteiger partial charge on any atom is 0.220 e. The fourth-order valence-corrected chi connectivity index (χ4v) is 2.42. The van der Waals surface area contributed by atoms with Crippen LogP contribution in [0.4, 0.5) is 0 Å². The fourth-order valence-electron chi connectivity index (χ4n) is 2.23. The zero-order valence-corrected chi connectivity index (χ0v) is 14.0. The van der Waals surface area contributed by atoms with Gasteiger partial charge in [-0.25, -0.2) is 0 Å². The van der Waals surface area contributed by atoms with Gasteiger partial charge in [-0.2, -0.15) is 0 Å². The summed E-state index contributed by atoms with van der Waals surface area (Å²) in [6.07, 6.45) is 2.31. The van der Waals surface area contributed by atoms with Crippen molar-refractivity contribution in [2.45, 2.75) is 46.2 Å². The maximum atomic E-state index is 11.8. The van der Waals surface area contributed by atoms with E-state index >= 15 is 0 Å². The molecule has 0 radical (unpaired) electrons. The average Bonchev–Trinajstić information content (AvgIpc) is 2.51. The Labute approximate surface area is 133 Å². The summed E-state index contributed by atoms with van der Waals surface area (Å²) in [5.41, 5.74) is 2.50. The van der Waals surface area contributed by atoms with Crippen LogP contribution < -0.4 is 5.32 Å². The molecule has 0 aliphatic heterocycles. The topological polar surface area (TPSA) is 32.3 Å². The largest absolute Gasteiger partial charge is 0.352 e. The Morgan fingerprint density at radius 3 is 2.43 bits per heavy atom. The van der Waals surface area contributed by atoms with E-state index in [2.05, 4.69) is 42.3 Å². The van der Waals surface area contributed by atoms with Gasteiger partial charge in [0.15, 0.2) is 0 Å². The van der Waals surface area contributed by atoms with E-state index in [1.807, 2.05) is 6.07 Å². The van der Waals surface area contributed by atoms with Crippen molar-refractivity contribution in [1.29, 1.82) is 0 Å². The van der Waals surface area contributed by atoms with E-state index in [-0.39, 0.29) is 5.91 Å². The van der Waals surface area contributed by atoms with Gasteiger partial charge in [0.25, 0.3) is 0 Å². The SMILES string of the molecule is CCN(CC)Cc1ccccc1CNC(=O)CCCCCl. The summed E-state index contributed by atoms with van der Waals surface area (Å²) in [6.45, 7) is 7.96. The Kier molecular flexibility index (Phi) is 9.11. The summed E-state index contributed by atoms with van der Waals surface area (Å²) < 4.78 is 0. The lowest BCUT2D eigenvalue weighted by Gasteiger charge is -2.20. The molecule has 1 aromatic carbocycles. The lowest BCUT2D eigenvalue weighted by atomic mass is 10.1. The van der Waals surface area contributed by atoms with Gasteiger partial charge in [0.05, 0.1) is 0 Å². The molecule has 1 aromatic rings. The molecule has 0 aromatic heterocycles. The monoisotopic (exact) mass is 310 g/mol. The minimum Gasteiger partial charge on any atom is -0.352 e. The molecule has 118 valence electrons. The molecule has 0 atom stereocenters. The second-order valence-electron chi connectivity index (χ2n) is 5.15. The van der Waals surface area contributed by atoms with Crippen molar-refractivity contribution < 1.29 is 4.79 Å². The first-order valence-electron chi connectivity index (χ1n) is 7.83. The van der Waals surface area contributed by atoms with Crippen LogP contribution in [0.15, 0.2) is 24.3 Å². The third-order valence-corrected chi connectivity index (χ3v) is 3.94. The van der Waals surface area contributed by atoms with E-state index in [0.717, 1.165) is 32.5 Å². The molecular formula is C17H27ClN2O. The number of nitrogens with zero attached hydrogens (tertiary/aromatic N) is 1. The van der Waals surface area contributed by atoms with Gasteiger partial charge in [-0.3, -0.25) is 9.69 Å². The predicted octanol–water partition coefficient (Wildman–Crippen LogP) is 3.55. The Morgan fingerprint density at radius 1 is 1.14 bits per heavy atom. The summed E-state index contributed by atoms with van der Waals surface area (Å²) in [5.74, 6) is 0.734. The second-order valence-corrected chi connectivity index (χ2v) is 5.53. The molecule has 1 rings (SSSR count). The number of benzene rings is 1. The van der Waals surface area contributed by atoms with Gasteiger partial charge in [-0.05, 0) is 37.1 Å². The van der Waals surface area contributed by atoms with Crippen molar-refractivity contribution in [3.8, 4) is 0 Å². The first kappa shape index (κ1) is 18.0. The molecule has 3 nitrogen and oxygen atoms in total. The van der Waals surface area contributed by atoms with Gasteiger partial charge < -0.3 is 5.32 Å². The molecule has 0 heterocycles. The van der Waals surface area contributed by atoms with Crippen LogP contribution in [0.3, 0.4) is 0 Å². The fraction of sp³-hybridized carbons (Fsp3) is 0.588. The van der Waals surface area contributed by atoms with Crippen LogP contribution >= 0.6 is 11.6 Å². The molecule has 4 heteroatoms. The van der Waals surface area contributed by atoms with Gasteiger partial charge in [-0.1, -0.05) is 38.1 Å². The van der Waals surface area contributed by atoms with Gasteiger partial charge in [0.2, 0.25) is 5.91 Å². The van der Waals surface area contributed by atoms with Crippen LogP contribution in [0.2, 0.25) is 0 Å². The molecule has 0 aliphatic rings. The van der Waals surface area contributed by atoms with Crippen LogP contribution in [0.25, 0.3) is 0 Å². The first-order valence-corrected chi connectivity index (χ1v) is 8.36. The second kappa shape index (κ2) is 10.6. The quantitative estimate of drug-likeness (QED) is 0.529. The minimum atomic E-state index is 0.109. The number of nitrogens with one attached hydrogen (secondary N) is 1. The zero-order chi connectivity index (χ0) is 15.5. The third kappa shape index (κ3) is 6.96. The van der Waals surface area contributed by atoms with Gasteiger partial charge in [-0.15, -0.1) is 11.6 Å². The van der Waals surface area contributed by atoms with E-state index in [1.54, 1.807) is 0 Å². The smallest absolute Gasteiger partial charge is 0.220 e. The lowest BCUT2D eigenvalue weighted by molar-refractivity contribution is -0.121. The molecular weight excluding hydrogens is 284 g/mol. The maximum absolute atomic E-state index is 11.8. The van der Waals surface area contributed by atoms with Crippen molar-refractivity contribution in [2.24, 2.45) is 0 Å². The zero-order valence-electron chi connectivity index (χ0n) is 13.2. The minimum absolute atomic E-state index is 0.109. The summed E-state index contributed by atoms with van der Waals surface area (Å²) in [4.78, 5) is 14.1. The van der Waals surface area contributed by atoms with E-state index in [1.165, 1.54) is 11.1 Å². The highest BCUT2D eigenvalue weighted by Crippen LogP contribution is 2.12. The number of hydrogen-bond donors (Lipinski definition) is 1. The van der Waals surface area contributed by atoms with Crippen LogP contribution in [0, 0.1) is 0 Å². The summed E-state index contributed by atoms with van der Waals surface area (Å²) in [6, 6.07) is 8.33. The van der Waals surface area contributed by atoms with E-state index < -0.39 is 0 Å². The van der Waals surface area contributed by atoms with Crippen LogP contribution in [0.5, 0.6) is 0 Å². The summed E-state index contributed by atoms with van der Waals surface area (Å²) in [7, 11) is 0. The van der Waals surface area contributed by atoms with Crippen molar-refractivity contribution in [3.05, 3.63) is 35.4 Å². The van der Waals surface area contributed by atoms with Crippen molar-refractivity contribution >= 4 is 17.5 Å². The number of amides is 1. The van der Waals surface area contributed by atoms with Gasteiger partial charge >= 0.3 is 0 Å². The Hall–Kier alpha value is -1.06. The normalized spacial score (nSPS) is 10.9. The molecule has 21 heavy (non-hydrogen) atoms.